The molecule has 13 heavy (non-hydrogen) atoms. The lowest BCUT2D eigenvalue weighted by Crippen LogP contribution is -2.14. The van der Waals surface area contributed by atoms with Gasteiger partial charge in [-0.1, -0.05) is 0 Å². The molecule has 1 aliphatic rings. The van der Waals surface area contributed by atoms with E-state index in [0.29, 0.717) is 5.69 Å². The predicted octanol–water partition coefficient (Wildman–Crippen LogP) is 2.07. The third-order valence-electron chi connectivity index (χ3n) is 2.05. The Morgan fingerprint density at radius 1 is 1.62 bits per heavy atom. The number of anilines is 1. The van der Waals surface area contributed by atoms with Crippen LogP contribution in [-0.2, 0) is 6.42 Å². The lowest BCUT2D eigenvalue weighted by Gasteiger charge is -2.18. The van der Waals surface area contributed by atoms with Gasteiger partial charge in [-0.2, -0.15) is 5.26 Å². The van der Waals surface area contributed by atoms with Crippen molar-refractivity contribution in [1.29, 1.82) is 5.26 Å². The van der Waals surface area contributed by atoms with Crippen molar-refractivity contribution in [1.82, 2.24) is 4.98 Å². The summed E-state index contributed by atoms with van der Waals surface area (Å²) < 4.78 is 0.939. The highest BCUT2D eigenvalue weighted by Gasteiger charge is 2.14. The van der Waals surface area contributed by atoms with Crippen LogP contribution in [0.1, 0.15) is 17.8 Å². The molecular formula is C9H8BrN3. The fraction of sp³-hybridized carbons (Fsp3) is 0.333. The Morgan fingerprint density at radius 3 is 3.23 bits per heavy atom. The van der Waals surface area contributed by atoms with Crippen molar-refractivity contribution in [2.75, 3.05) is 11.9 Å². The monoisotopic (exact) mass is 237 g/mol. The second-order valence-electron chi connectivity index (χ2n) is 2.95. The van der Waals surface area contributed by atoms with Crippen LogP contribution < -0.4 is 5.32 Å². The minimum Gasteiger partial charge on any atom is -0.383 e. The van der Waals surface area contributed by atoms with Gasteiger partial charge in [0.1, 0.15) is 11.8 Å². The Bertz CT molecular complexity index is 381. The van der Waals surface area contributed by atoms with Gasteiger partial charge in [0.2, 0.25) is 0 Å². The van der Waals surface area contributed by atoms with Crippen LogP contribution in [0.3, 0.4) is 0 Å². The standard InChI is InChI=1S/C9H8BrN3/c10-7-4-6(5-11)13-8-2-1-3-12-9(7)8/h4,12H,1-3H2. The number of hydrogen-bond donors (Lipinski definition) is 1. The minimum atomic E-state index is 0.481. The summed E-state index contributed by atoms with van der Waals surface area (Å²) in [6, 6.07) is 3.80. The van der Waals surface area contributed by atoms with E-state index in [0.717, 1.165) is 35.2 Å². The van der Waals surface area contributed by atoms with E-state index in [1.165, 1.54) is 0 Å². The highest BCUT2D eigenvalue weighted by Crippen LogP contribution is 2.29. The van der Waals surface area contributed by atoms with Crippen molar-refractivity contribution in [2.45, 2.75) is 12.8 Å². The van der Waals surface area contributed by atoms with E-state index >= 15 is 0 Å². The van der Waals surface area contributed by atoms with Crippen LogP contribution in [-0.4, -0.2) is 11.5 Å². The van der Waals surface area contributed by atoms with Gasteiger partial charge in [0, 0.05) is 11.0 Å². The molecule has 0 bridgehead atoms. The molecule has 66 valence electrons. The molecule has 0 aliphatic carbocycles. The summed E-state index contributed by atoms with van der Waals surface area (Å²) in [5.74, 6) is 0. The summed E-state index contributed by atoms with van der Waals surface area (Å²) in [5, 5.41) is 12.0. The molecule has 0 radical (unpaired) electrons. The maximum Gasteiger partial charge on any atom is 0.142 e. The minimum absolute atomic E-state index is 0.481. The van der Waals surface area contributed by atoms with Crippen LogP contribution in [0.2, 0.25) is 0 Å². The number of aryl methyl sites for hydroxylation is 1. The summed E-state index contributed by atoms with van der Waals surface area (Å²) in [6.45, 7) is 0.985. The molecule has 4 heteroatoms. The van der Waals surface area contributed by atoms with Crippen molar-refractivity contribution in [3.8, 4) is 6.07 Å². The summed E-state index contributed by atoms with van der Waals surface area (Å²) in [6.07, 6.45) is 2.04. The molecule has 0 aromatic carbocycles. The summed E-state index contributed by atoms with van der Waals surface area (Å²) in [5.41, 5.74) is 2.52. The molecule has 2 rings (SSSR count). The number of nitrogens with one attached hydrogen (secondary N) is 1. The van der Waals surface area contributed by atoms with Crippen LogP contribution >= 0.6 is 15.9 Å². The van der Waals surface area contributed by atoms with Crippen LogP contribution in [0.25, 0.3) is 0 Å². The first-order chi connectivity index (χ1) is 6.31. The van der Waals surface area contributed by atoms with Crippen molar-refractivity contribution in [2.24, 2.45) is 0 Å². The number of pyridine rings is 1. The number of nitrogens with zero attached hydrogens (tertiary/aromatic N) is 2. The third kappa shape index (κ3) is 1.52. The van der Waals surface area contributed by atoms with Gasteiger partial charge >= 0.3 is 0 Å². The normalized spacial score (nSPS) is 14.2. The van der Waals surface area contributed by atoms with E-state index in [2.05, 4.69) is 26.2 Å². The first kappa shape index (κ1) is 8.52. The van der Waals surface area contributed by atoms with Gasteiger partial charge in [-0.05, 0) is 34.8 Å². The Balaban J connectivity index is 2.54. The van der Waals surface area contributed by atoms with E-state index in [-0.39, 0.29) is 0 Å². The highest BCUT2D eigenvalue weighted by atomic mass is 79.9. The Hall–Kier alpha value is -1.08. The van der Waals surface area contributed by atoms with Crippen molar-refractivity contribution >= 4 is 21.6 Å². The fourth-order valence-electron chi connectivity index (χ4n) is 1.46. The van der Waals surface area contributed by atoms with Crippen molar-refractivity contribution in [3.63, 3.8) is 0 Å². The second kappa shape index (κ2) is 3.35. The summed E-state index contributed by atoms with van der Waals surface area (Å²) >= 11 is 3.42. The average molecular weight is 238 g/mol. The van der Waals surface area contributed by atoms with Gasteiger partial charge in [0.05, 0.1) is 11.4 Å². The highest BCUT2D eigenvalue weighted by molar-refractivity contribution is 9.10. The molecule has 2 heterocycles. The van der Waals surface area contributed by atoms with E-state index in [1.807, 2.05) is 6.07 Å². The Kier molecular flexibility index (Phi) is 2.19. The van der Waals surface area contributed by atoms with Gasteiger partial charge in [-0.15, -0.1) is 0 Å². The fourth-order valence-corrected chi connectivity index (χ4v) is 2.04. The number of fused-ring (bicyclic) bond motifs is 1. The molecule has 3 nitrogen and oxygen atoms in total. The number of nitriles is 1. The van der Waals surface area contributed by atoms with Crippen LogP contribution in [0.15, 0.2) is 10.5 Å². The molecule has 1 N–H and O–H groups in total. The molecule has 0 fully saturated rings. The molecular weight excluding hydrogens is 230 g/mol. The molecule has 1 aliphatic heterocycles. The zero-order chi connectivity index (χ0) is 9.26. The second-order valence-corrected chi connectivity index (χ2v) is 3.81. The molecule has 1 aromatic heterocycles. The molecule has 1 aromatic rings. The number of hydrogen-bond acceptors (Lipinski definition) is 3. The topological polar surface area (TPSA) is 48.7 Å². The lowest BCUT2D eigenvalue weighted by molar-refractivity contribution is 0.798. The summed E-state index contributed by atoms with van der Waals surface area (Å²) in [4.78, 5) is 4.24. The van der Waals surface area contributed by atoms with Gasteiger partial charge in [-0.25, -0.2) is 4.98 Å². The number of rotatable bonds is 0. The maximum absolute atomic E-state index is 8.71. The average Bonchev–Trinajstić information content (AvgIpc) is 2.18. The van der Waals surface area contributed by atoms with E-state index in [4.69, 9.17) is 5.26 Å². The van der Waals surface area contributed by atoms with Crippen LogP contribution in [0, 0.1) is 11.3 Å². The largest absolute Gasteiger partial charge is 0.383 e. The van der Waals surface area contributed by atoms with E-state index in [9.17, 15) is 0 Å². The number of halogens is 1. The smallest absolute Gasteiger partial charge is 0.142 e. The molecule has 0 unspecified atom stereocenters. The third-order valence-corrected chi connectivity index (χ3v) is 2.68. The first-order valence-corrected chi connectivity index (χ1v) is 4.94. The zero-order valence-electron chi connectivity index (χ0n) is 6.97. The Morgan fingerprint density at radius 2 is 2.46 bits per heavy atom. The van der Waals surface area contributed by atoms with Gasteiger partial charge in [0.25, 0.3) is 0 Å². The maximum atomic E-state index is 8.71. The first-order valence-electron chi connectivity index (χ1n) is 4.14. The van der Waals surface area contributed by atoms with E-state index < -0.39 is 0 Å². The molecule has 0 saturated carbocycles. The SMILES string of the molecule is N#Cc1cc(Br)c2c(n1)CCCN2. The zero-order valence-corrected chi connectivity index (χ0v) is 8.56. The van der Waals surface area contributed by atoms with Crippen LogP contribution in [0.5, 0.6) is 0 Å². The molecule has 0 saturated heterocycles. The van der Waals surface area contributed by atoms with Crippen molar-refractivity contribution in [3.05, 3.63) is 21.9 Å². The van der Waals surface area contributed by atoms with Gasteiger partial charge in [0.15, 0.2) is 0 Å². The van der Waals surface area contributed by atoms with E-state index in [1.54, 1.807) is 6.07 Å². The summed E-state index contributed by atoms with van der Waals surface area (Å²) in [7, 11) is 0. The van der Waals surface area contributed by atoms with Gasteiger partial charge < -0.3 is 5.32 Å². The molecule has 0 amide bonds. The van der Waals surface area contributed by atoms with Crippen molar-refractivity contribution < 1.29 is 0 Å². The Labute approximate surface area is 84.9 Å². The lowest BCUT2D eigenvalue weighted by atomic mass is 10.1. The molecule has 0 spiro atoms. The molecule has 0 atom stereocenters. The number of aromatic nitrogens is 1. The predicted molar refractivity (Wildman–Crippen MR) is 53.5 cm³/mol. The quantitative estimate of drug-likeness (QED) is 0.752. The van der Waals surface area contributed by atoms with Gasteiger partial charge in [-0.3, -0.25) is 0 Å². The van der Waals surface area contributed by atoms with Crippen LogP contribution in [0.4, 0.5) is 5.69 Å².